The lowest BCUT2D eigenvalue weighted by Crippen LogP contribution is -2.01. The lowest BCUT2D eigenvalue weighted by molar-refractivity contribution is 0.282. The number of aryl methyl sites for hydroxylation is 1. The highest BCUT2D eigenvalue weighted by Crippen LogP contribution is 2.93. The van der Waals surface area contributed by atoms with Gasteiger partial charge in [0.05, 0.1) is 6.61 Å². The van der Waals surface area contributed by atoms with Crippen molar-refractivity contribution in [2.24, 2.45) is 23.8 Å². The molecule has 0 N–H and O–H groups in total. The number of ether oxygens (including phenoxy) is 1. The van der Waals surface area contributed by atoms with Crippen molar-refractivity contribution in [1.82, 2.24) is 9.78 Å². The van der Waals surface area contributed by atoms with Crippen LogP contribution in [-0.2, 0) is 7.05 Å². The Morgan fingerprint density at radius 2 is 2.06 bits per heavy atom. The van der Waals surface area contributed by atoms with Gasteiger partial charge in [-0.3, -0.25) is 4.68 Å². The van der Waals surface area contributed by atoms with Crippen molar-refractivity contribution < 1.29 is 4.74 Å². The van der Waals surface area contributed by atoms with E-state index in [1.54, 1.807) is 4.68 Å². The van der Waals surface area contributed by atoms with Gasteiger partial charge in [0.1, 0.15) is 0 Å². The Labute approximate surface area is 95.8 Å². The molecule has 3 heteroatoms. The van der Waals surface area contributed by atoms with Crippen LogP contribution < -0.4 is 4.74 Å². The fraction of sp³-hybridized carbons (Fsp3) is 0.769. The Bertz CT molecular complexity index is 411. The molecule has 0 atom stereocenters. The molecule has 86 valence electrons. The fourth-order valence-corrected chi connectivity index (χ4v) is 4.11. The van der Waals surface area contributed by atoms with Gasteiger partial charge in [-0.1, -0.05) is 0 Å². The van der Waals surface area contributed by atoms with Crippen molar-refractivity contribution in [3.8, 4) is 5.88 Å². The number of fused-ring (bicyclic) bond motifs is 1. The maximum Gasteiger partial charge on any atom is 0.232 e. The van der Waals surface area contributed by atoms with Crippen molar-refractivity contribution in [3.05, 3.63) is 12.3 Å². The van der Waals surface area contributed by atoms with Crippen molar-refractivity contribution in [3.63, 3.8) is 0 Å². The largest absolute Gasteiger partial charge is 0.477 e. The topological polar surface area (TPSA) is 27.1 Å². The minimum absolute atomic E-state index is 0.776. The quantitative estimate of drug-likeness (QED) is 0.775. The summed E-state index contributed by atoms with van der Waals surface area (Å²) in [6, 6.07) is 1.94. The highest BCUT2D eigenvalue weighted by atomic mass is 16.5. The highest BCUT2D eigenvalue weighted by Gasteiger charge is 2.85. The van der Waals surface area contributed by atoms with E-state index < -0.39 is 0 Å². The Kier molecular flexibility index (Phi) is 1.49. The fourth-order valence-electron chi connectivity index (χ4n) is 4.11. The number of nitrogens with zero attached hydrogens (tertiary/aromatic N) is 2. The Hall–Kier alpha value is -0.990. The van der Waals surface area contributed by atoms with Crippen LogP contribution in [0.1, 0.15) is 32.1 Å². The first kappa shape index (κ1) is 9.08. The van der Waals surface area contributed by atoms with E-state index in [0.29, 0.717) is 0 Å². The minimum atomic E-state index is 0.776. The summed E-state index contributed by atoms with van der Waals surface area (Å²) < 4.78 is 7.48. The van der Waals surface area contributed by atoms with Crippen molar-refractivity contribution >= 4 is 0 Å². The van der Waals surface area contributed by atoms with Gasteiger partial charge in [0.2, 0.25) is 5.88 Å². The molecule has 0 radical (unpaired) electrons. The van der Waals surface area contributed by atoms with Gasteiger partial charge in [-0.15, -0.1) is 5.10 Å². The van der Waals surface area contributed by atoms with Gasteiger partial charge in [-0.05, 0) is 48.9 Å². The van der Waals surface area contributed by atoms with E-state index in [0.717, 1.165) is 29.2 Å². The number of hydrogen-bond donors (Lipinski definition) is 0. The standard InChI is InChI=1S/C13H18N2O/c1-15-8-2-11(14-15)16-9-3-10-12(4-5-12)13(10)6-7-13/h2,8,10H,3-7,9H2,1H3. The van der Waals surface area contributed by atoms with Crippen molar-refractivity contribution in [1.29, 1.82) is 0 Å². The van der Waals surface area contributed by atoms with Crippen LogP contribution in [0.2, 0.25) is 0 Å². The summed E-state index contributed by atoms with van der Waals surface area (Å²) in [5.41, 5.74) is 1.64. The van der Waals surface area contributed by atoms with Crippen LogP contribution in [0.15, 0.2) is 12.3 Å². The van der Waals surface area contributed by atoms with Gasteiger partial charge in [-0.2, -0.15) is 0 Å². The lowest BCUT2D eigenvalue weighted by atomic mass is 10.2. The predicted octanol–water partition coefficient (Wildman–Crippen LogP) is 2.38. The first-order valence-corrected chi connectivity index (χ1v) is 6.39. The molecule has 3 saturated carbocycles. The maximum atomic E-state index is 5.69. The number of rotatable bonds is 4. The molecule has 1 aromatic heterocycles. The lowest BCUT2D eigenvalue weighted by Gasteiger charge is -2.01. The molecule has 3 nitrogen and oxygen atoms in total. The molecule has 0 unspecified atom stereocenters. The molecule has 4 rings (SSSR count). The molecule has 3 fully saturated rings. The van der Waals surface area contributed by atoms with E-state index in [1.807, 2.05) is 19.3 Å². The first-order valence-electron chi connectivity index (χ1n) is 6.39. The Morgan fingerprint density at radius 3 is 2.56 bits per heavy atom. The molecule has 3 aliphatic rings. The second kappa shape index (κ2) is 2.63. The van der Waals surface area contributed by atoms with Gasteiger partial charge in [0, 0.05) is 19.3 Å². The number of hydrogen-bond acceptors (Lipinski definition) is 2. The third kappa shape index (κ3) is 1.01. The molecule has 0 saturated heterocycles. The van der Waals surface area contributed by atoms with Crippen LogP contribution in [0.5, 0.6) is 5.88 Å². The van der Waals surface area contributed by atoms with Gasteiger partial charge in [0.25, 0.3) is 0 Å². The van der Waals surface area contributed by atoms with Gasteiger partial charge >= 0.3 is 0 Å². The van der Waals surface area contributed by atoms with Crippen LogP contribution >= 0.6 is 0 Å². The molecule has 1 heterocycles. The van der Waals surface area contributed by atoms with Crippen molar-refractivity contribution in [2.75, 3.05) is 6.61 Å². The molecular formula is C13H18N2O. The molecule has 0 aromatic carbocycles. The maximum absolute atomic E-state index is 5.69. The smallest absolute Gasteiger partial charge is 0.232 e. The van der Waals surface area contributed by atoms with Gasteiger partial charge in [-0.25, -0.2) is 0 Å². The minimum Gasteiger partial charge on any atom is -0.477 e. The SMILES string of the molecule is Cn1ccc(OCCC2C3(CC3)C23CC3)n1. The zero-order valence-electron chi connectivity index (χ0n) is 9.78. The summed E-state index contributed by atoms with van der Waals surface area (Å²) in [6.07, 6.45) is 9.18. The van der Waals surface area contributed by atoms with E-state index in [4.69, 9.17) is 4.74 Å². The Morgan fingerprint density at radius 1 is 1.38 bits per heavy atom. The molecule has 16 heavy (non-hydrogen) atoms. The van der Waals surface area contributed by atoms with E-state index in [2.05, 4.69) is 5.10 Å². The summed E-state index contributed by atoms with van der Waals surface area (Å²) in [4.78, 5) is 0. The van der Waals surface area contributed by atoms with Gasteiger partial charge < -0.3 is 4.74 Å². The zero-order chi connectivity index (χ0) is 10.8. The second-order valence-corrected chi connectivity index (χ2v) is 5.83. The van der Waals surface area contributed by atoms with E-state index in [-0.39, 0.29) is 0 Å². The van der Waals surface area contributed by atoms with Crippen LogP contribution in [0.4, 0.5) is 0 Å². The average Bonchev–Trinajstić information content (AvgIpc) is 3.18. The molecule has 1 aromatic rings. The molecule has 0 bridgehead atoms. The van der Waals surface area contributed by atoms with Crippen LogP contribution in [-0.4, -0.2) is 16.4 Å². The average molecular weight is 218 g/mol. The number of aromatic nitrogens is 2. The van der Waals surface area contributed by atoms with E-state index in [9.17, 15) is 0 Å². The second-order valence-electron chi connectivity index (χ2n) is 5.83. The molecule has 0 amide bonds. The third-order valence-electron chi connectivity index (χ3n) is 5.17. The monoisotopic (exact) mass is 218 g/mol. The third-order valence-corrected chi connectivity index (χ3v) is 5.17. The molecule has 2 spiro atoms. The van der Waals surface area contributed by atoms with Crippen LogP contribution in [0.25, 0.3) is 0 Å². The van der Waals surface area contributed by atoms with Crippen LogP contribution in [0.3, 0.4) is 0 Å². The zero-order valence-corrected chi connectivity index (χ0v) is 9.78. The molecule has 3 aliphatic carbocycles. The molecule has 0 aliphatic heterocycles. The summed E-state index contributed by atoms with van der Waals surface area (Å²) in [5, 5.41) is 4.23. The predicted molar refractivity (Wildman–Crippen MR) is 60.1 cm³/mol. The Balaban J connectivity index is 1.31. The highest BCUT2D eigenvalue weighted by molar-refractivity contribution is 5.34. The molecular weight excluding hydrogens is 200 g/mol. The van der Waals surface area contributed by atoms with Gasteiger partial charge in [0.15, 0.2) is 0 Å². The normalized spacial score (nSPS) is 27.3. The summed E-state index contributed by atoms with van der Waals surface area (Å²) in [7, 11) is 1.92. The van der Waals surface area contributed by atoms with E-state index in [1.165, 1.54) is 32.1 Å². The van der Waals surface area contributed by atoms with Crippen molar-refractivity contribution in [2.45, 2.75) is 32.1 Å². The first-order chi connectivity index (χ1) is 7.77. The van der Waals surface area contributed by atoms with Crippen LogP contribution in [0, 0.1) is 16.7 Å². The summed E-state index contributed by atoms with van der Waals surface area (Å²) >= 11 is 0. The summed E-state index contributed by atoms with van der Waals surface area (Å²) in [6.45, 7) is 0.852. The van der Waals surface area contributed by atoms with E-state index >= 15 is 0 Å². The summed E-state index contributed by atoms with van der Waals surface area (Å²) in [5.74, 6) is 1.77.